The number of aromatic nitrogens is 2. The summed E-state index contributed by atoms with van der Waals surface area (Å²) in [7, 11) is -3.40. The number of thiophene rings is 1. The zero-order valence-corrected chi connectivity index (χ0v) is 24.1. The van der Waals surface area contributed by atoms with E-state index in [9.17, 15) is 8.42 Å². The van der Waals surface area contributed by atoms with E-state index in [0.717, 1.165) is 39.6 Å². The van der Waals surface area contributed by atoms with E-state index in [1.165, 1.54) is 17.0 Å². The van der Waals surface area contributed by atoms with Crippen LogP contribution in [0.2, 0.25) is 0 Å². The Hall–Kier alpha value is -1.08. The van der Waals surface area contributed by atoms with Gasteiger partial charge in [-0.25, -0.2) is 13.4 Å². The molecule has 0 aliphatic rings. The first-order valence-electron chi connectivity index (χ1n) is 9.65. The summed E-state index contributed by atoms with van der Waals surface area (Å²) in [6.07, 6.45) is 2.50. The maximum atomic E-state index is 12.5. The number of hydrogen-bond acceptors (Lipinski definition) is 4. The molecule has 3 rings (SSSR count). The molecule has 31 heavy (non-hydrogen) atoms. The van der Waals surface area contributed by atoms with Crippen molar-refractivity contribution in [2.24, 2.45) is 0 Å². The van der Waals surface area contributed by atoms with Gasteiger partial charge in [0.05, 0.1) is 5.69 Å². The Morgan fingerprint density at radius 2 is 1.68 bits per heavy atom. The summed E-state index contributed by atoms with van der Waals surface area (Å²) in [5, 5.41) is 0. The molecule has 0 aliphatic heterocycles. The molecule has 0 spiro atoms. The summed E-state index contributed by atoms with van der Waals surface area (Å²) >= 11 is 1.30. The van der Waals surface area contributed by atoms with Gasteiger partial charge in [-0.15, -0.1) is 11.3 Å². The van der Waals surface area contributed by atoms with E-state index >= 15 is 0 Å². The van der Waals surface area contributed by atoms with Gasteiger partial charge in [-0.05, 0) is 44.9 Å². The smallest absolute Gasteiger partial charge is 0.161 e. The molecule has 0 amide bonds. The van der Waals surface area contributed by atoms with E-state index in [-0.39, 0.29) is 45.9 Å². The molecule has 3 aromatic rings. The number of benzene rings is 1. The fourth-order valence-corrected chi connectivity index (χ4v) is 5.90. The van der Waals surface area contributed by atoms with Crippen LogP contribution in [0.5, 0.6) is 0 Å². The van der Waals surface area contributed by atoms with E-state index in [2.05, 4.69) is 29.1 Å². The molecule has 4 nitrogen and oxygen atoms in total. The molecule has 1 aromatic carbocycles. The average Bonchev–Trinajstić information content (AvgIpc) is 3.20. The third-order valence-electron chi connectivity index (χ3n) is 4.65. The van der Waals surface area contributed by atoms with Crippen molar-refractivity contribution < 1.29 is 41.1 Å². The van der Waals surface area contributed by atoms with Crippen molar-refractivity contribution >= 4 is 21.2 Å². The molecular weight excluding hydrogens is 501 g/mol. The number of aryl methyl sites for hydroxylation is 3. The van der Waals surface area contributed by atoms with Gasteiger partial charge in [0.15, 0.2) is 9.84 Å². The molecule has 0 aliphatic carbocycles. The van der Waals surface area contributed by atoms with Gasteiger partial charge in [-0.1, -0.05) is 43.9 Å². The van der Waals surface area contributed by atoms with Crippen LogP contribution in [-0.4, -0.2) is 23.7 Å². The molecule has 2 heterocycles. The van der Waals surface area contributed by atoms with Crippen molar-refractivity contribution in [3.8, 4) is 11.1 Å². The van der Waals surface area contributed by atoms with Crippen LogP contribution in [0.4, 0.5) is 0 Å². The van der Waals surface area contributed by atoms with Crippen LogP contribution in [-0.2, 0) is 49.1 Å². The molecule has 0 unspecified atom stereocenters. The Labute approximate surface area is 217 Å². The second kappa shape index (κ2) is 12.8. The fraction of sp³-hybridized carbons (Fsp3) is 0.333. The van der Waals surface area contributed by atoms with Crippen LogP contribution in [0.25, 0.3) is 11.1 Å². The van der Waals surface area contributed by atoms with Gasteiger partial charge in [0.2, 0.25) is 0 Å². The van der Waals surface area contributed by atoms with Crippen molar-refractivity contribution in [2.45, 2.75) is 52.3 Å². The summed E-state index contributed by atoms with van der Waals surface area (Å²) in [4.78, 5) is 5.49. The van der Waals surface area contributed by atoms with Crippen molar-refractivity contribution in [2.75, 3.05) is 5.75 Å². The normalized spacial score (nSPS) is 10.4. The minimum Gasteiger partial charge on any atom is -0.489 e. The summed E-state index contributed by atoms with van der Waals surface area (Å²) in [6, 6.07) is 10.0. The van der Waals surface area contributed by atoms with Crippen molar-refractivity contribution in [1.82, 2.24) is 9.55 Å². The first-order chi connectivity index (χ1) is 13.7. The molecule has 167 valence electrons. The average molecular weight is 534 g/mol. The zero-order valence-electron chi connectivity index (χ0n) is 19.6. The summed E-state index contributed by atoms with van der Waals surface area (Å²) in [6.45, 7) is 16.2. The molecule has 2 aromatic heterocycles. The predicted molar refractivity (Wildman–Crippen MR) is 129 cm³/mol. The standard InChI is InChI=1S/C21H23N2O2S2.C2H6.CH3.Y/c1-6-11-27(24,25)21-20(12-14(2)26-21)19-9-7-18(8-10-19)13-23-16(4)15(3)22-17(23)5;1-2;;/h7-10,12H,1,11,13H2,2-5H3;1-2H3;1H3;/q-1;;-1;. The molecular formula is C24H32N2O2S2Y-2. The van der Waals surface area contributed by atoms with E-state index in [1.54, 1.807) is 0 Å². The summed E-state index contributed by atoms with van der Waals surface area (Å²) < 4.78 is 27.6. The monoisotopic (exact) mass is 533 g/mol. The second-order valence-electron chi connectivity index (χ2n) is 6.68. The van der Waals surface area contributed by atoms with Crippen LogP contribution in [0.15, 0.2) is 41.1 Å². The van der Waals surface area contributed by atoms with E-state index in [0.29, 0.717) is 4.21 Å². The van der Waals surface area contributed by atoms with Crippen molar-refractivity contribution in [1.29, 1.82) is 0 Å². The van der Waals surface area contributed by atoms with Crippen LogP contribution in [0.3, 0.4) is 0 Å². The SMILES string of the molecule is C=[C-]CS(=O)(=O)c1sc(C)cc1-c1ccc(Cn2c(C)nc(C)c2C)cc1.CC.[CH3-].[Y]. The van der Waals surface area contributed by atoms with E-state index < -0.39 is 9.84 Å². The zero-order chi connectivity index (χ0) is 21.8. The Bertz CT molecular complexity index is 1100. The molecule has 0 saturated carbocycles. The van der Waals surface area contributed by atoms with Crippen LogP contribution >= 0.6 is 11.3 Å². The molecule has 0 N–H and O–H groups in total. The predicted octanol–water partition coefficient (Wildman–Crippen LogP) is 6.13. The van der Waals surface area contributed by atoms with Gasteiger partial charge in [-0.2, -0.15) is 0 Å². The number of hydrogen-bond donors (Lipinski definition) is 0. The van der Waals surface area contributed by atoms with E-state index in [1.807, 2.05) is 65.0 Å². The third kappa shape index (κ3) is 6.95. The quantitative estimate of drug-likeness (QED) is 0.358. The maximum Gasteiger partial charge on any atom is 0.161 e. The van der Waals surface area contributed by atoms with Gasteiger partial charge < -0.3 is 18.1 Å². The molecule has 0 fully saturated rings. The molecule has 0 atom stereocenters. The Morgan fingerprint density at radius 3 is 2.16 bits per heavy atom. The largest absolute Gasteiger partial charge is 0.489 e. The van der Waals surface area contributed by atoms with Crippen LogP contribution in [0, 0.1) is 41.2 Å². The van der Waals surface area contributed by atoms with Gasteiger partial charge in [0.25, 0.3) is 0 Å². The summed E-state index contributed by atoms with van der Waals surface area (Å²) in [5.41, 5.74) is 5.02. The third-order valence-corrected chi connectivity index (χ3v) is 7.88. The van der Waals surface area contributed by atoms with Gasteiger partial charge in [-0.3, -0.25) is 6.58 Å². The maximum absolute atomic E-state index is 12.5. The fourth-order valence-electron chi connectivity index (χ4n) is 3.15. The van der Waals surface area contributed by atoms with Gasteiger partial charge in [0.1, 0.15) is 10.0 Å². The number of nitrogens with zero attached hydrogens (tertiary/aromatic N) is 2. The minimum absolute atomic E-state index is 0. The molecule has 0 saturated heterocycles. The molecule has 1 radical (unpaired) electrons. The van der Waals surface area contributed by atoms with Gasteiger partial charge in [0, 0.05) is 55.4 Å². The number of imidazole rings is 1. The molecule has 7 heteroatoms. The second-order valence-corrected chi connectivity index (χ2v) is 10.1. The minimum atomic E-state index is -3.40. The van der Waals surface area contributed by atoms with Crippen molar-refractivity contribution in [3.63, 3.8) is 0 Å². The first kappa shape index (κ1) is 29.9. The molecule has 0 bridgehead atoms. The van der Waals surface area contributed by atoms with Crippen LogP contribution < -0.4 is 0 Å². The van der Waals surface area contributed by atoms with Crippen LogP contribution in [0.1, 0.15) is 41.5 Å². The van der Waals surface area contributed by atoms with Crippen molar-refractivity contribution in [3.05, 3.63) is 78.1 Å². The number of sulfone groups is 1. The Kier molecular flexibility index (Phi) is 12.4. The summed E-state index contributed by atoms with van der Waals surface area (Å²) in [5.74, 6) is 0.827. The van der Waals surface area contributed by atoms with Gasteiger partial charge >= 0.3 is 0 Å². The first-order valence-corrected chi connectivity index (χ1v) is 12.1. The Morgan fingerprint density at radius 1 is 1.10 bits per heavy atom. The topological polar surface area (TPSA) is 52.0 Å². The van der Waals surface area contributed by atoms with E-state index in [4.69, 9.17) is 0 Å². The Balaban J connectivity index is 0.00000219. The number of rotatable bonds is 6.